The van der Waals surface area contributed by atoms with Gasteiger partial charge in [-0.3, -0.25) is 0 Å². The molecule has 0 aromatic rings. The van der Waals surface area contributed by atoms with Crippen molar-refractivity contribution in [1.82, 2.24) is 0 Å². The Bertz CT molecular complexity index is 198. The van der Waals surface area contributed by atoms with E-state index in [1.54, 1.807) is 6.92 Å². The normalized spacial score (nSPS) is 30.5. The van der Waals surface area contributed by atoms with E-state index in [1.165, 1.54) is 7.11 Å². The lowest BCUT2D eigenvalue weighted by Gasteiger charge is -2.18. The van der Waals surface area contributed by atoms with Gasteiger partial charge in [0.1, 0.15) is 0 Å². The molecule has 3 heteroatoms. The van der Waals surface area contributed by atoms with Gasteiger partial charge in [0, 0.05) is 6.42 Å². The van der Waals surface area contributed by atoms with E-state index in [-0.39, 0.29) is 5.97 Å². The maximum Gasteiger partial charge on any atom is 0.338 e. The summed E-state index contributed by atoms with van der Waals surface area (Å²) in [6.45, 7) is 5.92. The van der Waals surface area contributed by atoms with Gasteiger partial charge in [-0.15, -0.1) is 0 Å². The zero-order chi connectivity index (χ0) is 8.48. The van der Waals surface area contributed by atoms with Gasteiger partial charge in [0.15, 0.2) is 5.60 Å². The van der Waals surface area contributed by atoms with Crippen LogP contribution in [-0.4, -0.2) is 25.3 Å². The Morgan fingerprint density at radius 1 is 1.82 bits per heavy atom. The first-order chi connectivity index (χ1) is 5.08. The molecule has 0 amide bonds. The fourth-order valence-electron chi connectivity index (χ4n) is 1.19. The number of hydrogen-bond acceptors (Lipinski definition) is 3. The second-order valence-corrected chi connectivity index (χ2v) is 2.94. The minimum absolute atomic E-state index is 0.323. The van der Waals surface area contributed by atoms with Crippen molar-refractivity contribution in [3.63, 3.8) is 0 Å². The van der Waals surface area contributed by atoms with E-state index in [0.29, 0.717) is 13.0 Å². The maximum absolute atomic E-state index is 11.1. The Kier molecular flexibility index (Phi) is 2.00. The number of ether oxygens (including phenoxy) is 2. The third-order valence-electron chi connectivity index (χ3n) is 1.80. The summed E-state index contributed by atoms with van der Waals surface area (Å²) in [4.78, 5) is 11.1. The highest BCUT2D eigenvalue weighted by atomic mass is 16.6. The molecular formula is C8H12O3. The Hall–Kier alpha value is -0.830. The SMILES string of the molecule is C=C1COC(C)(C(=O)OC)C1. The minimum Gasteiger partial charge on any atom is -0.467 e. The van der Waals surface area contributed by atoms with Crippen molar-refractivity contribution in [2.45, 2.75) is 18.9 Å². The van der Waals surface area contributed by atoms with E-state index in [0.717, 1.165) is 5.57 Å². The number of esters is 1. The molecule has 62 valence electrons. The van der Waals surface area contributed by atoms with E-state index in [9.17, 15) is 4.79 Å². The molecule has 0 aromatic heterocycles. The predicted molar refractivity (Wildman–Crippen MR) is 40.1 cm³/mol. The average Bonchev–Trinajstić information content (AvgIpc) is 2.31. The van der Waals surface area contributed by atoms with Crippen molar-refractivity contribution in [1.29, 1.82) is 0 Å². The van der Waals surface area contributed by atoms with Gasteiger partial charge in [-0.05, 0) is 12.5 Å². The van der Waals surface area contributed by atoms with E-state index >= 15 is 0 Å². The molecule has 1 saturated heterocycles. The quantitative estimate of drug-likeness (QED) is 0.418. The first kappa shape index (κ1) is 8.27. The standard InChI is InChI=1S/C8H12O3/c1-6-4-8(2,11-5-6)7(9)10-3/h1,4-5H2,2-3H3. The Balaban J connectivity index is 2.69. The Labute approximate surface area is 66.0 Å². The molecule has 1 heterocycles. The molecule has 11 heavy (non-hydrogen) atoms. The van der Waals surface area contributed by atoms with Gasteiger partial charge in [-0.25, -0.2) is 4.79 Å². The summed E-state index contributed by atoms with van der Waals surface area (Å²) in [5.41, 5.74) is 0.157. The lowest BCUT2D eigenvalue weighted by atomic mass is 10.0. The topological polar surface area (TPSA) is 35.5 Å². The van der Waals surface area contributed by atoms with Crippen LogP contribution in [0, 0.1) is 0 Å². The highest BCUT2D eigenvalue weighted by molar-refractivity contribution is 5.79. The Morgan fingerprint density at radius 3 is 2.82 bits per heavy atom. The second-order valence-electron chi connectivity index (χ2n) is 2.94. The minimum atomic E-state index is -0.786. The molecule has 0 spiro atoms. The zero-order valence-corrected chi connectivity index (χ0v) is 6.85. The van der Waals surface area contributed by atoms with Crippen LogP contribution in [0.5, 0.6) is 0 Å². The second kappa shape index (κ2) is 2.66. The molecule has 0 saturated carbocycles. The van der Waals surface area contributed by atoms with Crippen molar-refractivity contribution in [2.75, 3.05) is 13.7 Å². The summed E-state index contributed by atoms with van der Waals surface area (Å²) in [5.74, 6) is -0.323. The van der Waals surface area contributed by atoms with Crippen molar-refractivity contribution < 1.29 is 14.3 Å². The number of rotatable bonds is 1. The molecule has 1 aliphatic heterocycles. The number of carbonyl (C=O) groups is 1. The van der Waals surface area contributed by atoms with Crippen LogP contribution in [0.2, 0.25) is 0 Å². The summed E-state index contributed by atoms with van der Waals surface area (Å²) >= 11 is 0. The van der Waals surface area contributed by atoms with E-state index < -0.39 is 5.60 Å². The predicted octanol–water partition coefficient (Wildman–Crippen LogP) is 0.895. The number of carbonyl (C=O) groups excluding carboxylic acids is 1. The molecule has 0 aliphatic carbocycles. The lowest BCUT2D eigenvalue weighted by Crippen LogP contribution is -2.35. The summed E-state index contributed by atoms with van der Waals surface area (Å²) < 4.78 is 9.81. The molecule has 1 unspecified atom stereocenters. The molecule has 3 nitrogen and oxygen atoms in total. The van der Waals surface area contributed by atoms with E-state index in [4.69, 9.17) is 4.74 Å². The van der Waals surface area contributed by atoms with Crippen LogP contribution in [0.25, 0.3) is 0 Å². The van der Waals surface area contributed by atoms with Crippen LogP contribution in [0.1, 0.15) is 13.3 Å². The van der Waals surface area contributed by atoms with Crippen molar-refractivity contribution >= 4 is 5.97 Å². The van der Waals surface area contributed by atoms with Crippen LogP contribution >= 0.6 is 0 Å². The lowest BCUT2D eigenvalue weighted by molar-refractivity contribution is -0.161. The van der Waals surface area contributed by atoms with Crippen molar-refractivity contribution in [3.8, 4) is 0 Å². The van der Waals surface area contributed by atoms with Crippen LogP contribution in [0.15, 0.2) is 12.2 Å². The van der Waals surface area contributed by atoms with Crippen molar-refractivity contribution in [3.05, 3.63) is 12.2 Å². The molecule has 0 bridgehead atoms. The zero-order valence-electron chi connectivity index (χ0n) is 6.85. The fraction of sp³-hybridized carbons (Fsp3) is 0.625. The summed E-state index contributed by atoms with van der Waals surface area (Å²) in [6.07, 6.45) is 0.569. The van der Waals surface area contributed by atoms with Crippen LogP contribution in [-0.2, 0) is 14.3 Å². The van der Waals surface area contributed by atoms with Gasteiger partial charge in [0.25, 0.3) is 0 Å². The maximum atomic E-state index is 11.1. The average molecular weight is 156 g/mol. The molecule has 0 N–H and O–H groups in total. The van der Waals surface area contributed by atoms with Crippen LogP contribution in [0.4, 0.5) is 0 Å². The van der Waals surface area contributed by atoms with Gasteiger partial charge in [0.05, 0.1) is 13.7 Å². The van der Waals surface area contributed by atoms with Crippen LogP contribution in [0.3, 0.4) is 0 Å². The first-order valence-corrected chi connectivity index (χ1v) is 3.47. The molecule has 1 aliphatic rings. The van der Waals surface area contributed by atoms with Gasteiger partial charge >= 0.3 is 5.97 Å². The van der Waals surface area contributed by atoms with Gasteiger partial charge in [0.2, 0.25) is 0 Å². The molecule has 0 aromatic carbocycles. The monoisotopic (exact) mass is 156 g/mol. The van der Waals surface area contributed by atoms with E-state index in [1.807, 2.05) is 0 Å². The highest BCUT2D eigenvalue weighted by Crippen LogP contribution is 2.28. The fourth-order valence-corrected chi connectivity index (χ4v) is 1.19. The largest absolute Gasteiger partial charge is 0.467 e. The van der Waals surface area contributed by atoms with Gasteiger partial charge in [-0.1, -0.05) is 6.58 Å². The molecular weight excluding hydrogens is 144 g/mol. The van der Waals surface area contributed by atoms with Crippen molar-refractivity contribution in [2.24, 2.45) is 0 Å². The number of methoxy groups -OCH3 is 1. The summed E-state index contributed by atoms with van der Waals surface area (Å²) in [5, 5.41) is 0. The van der Waals surface area contributed by atoms with Crippen LogP contribution < -0.4 is 0 Å². The van der Waals surface area contributed by atoms with E-state index in [2.05, 4.69) is 11.3 Å². The Morgan fingerprint density at radius 2 is 2.45 bits per heavy atom. The summed E-state index contributed by atoms with van der Waals surface area (Å²) in [7, 11) is 1.36. The number of hydrogen-bond donors (Lipinski definition) is 0. The molecule has 1 rings (SSSR count). The smallest absolute Gasteiger partial charge is 0.338 e. The van der Waals surface area contributed by atoms with Gasteiger partial charge in [-0.2, -0.15) is 0 Å². The highest BCUT2D eigenvalue weighted by Gasteiger charge is 2.40. The third kappa shape index (κ3) is 1.43. The van der Waals surface area contributed by atoms with Gasteiger partial charge < -0.3 is 9.47 Å². The third-order valence-corrected chi connectivity index (χ3v) is 1.80. The molecule has 0 radical (unpaired) electrons. The first-order valence-electron chi connectivity index (χ1n) is 3.47. The molecule has 1 fully saturated rings. The molecule has 1 atom stereocenters. The summed E-state index contributed by atoms with van der Waals surface area (Å²) in [6, 6.07) is 0.